The first-order chi connectivity index (χ1) is 6.77. The van der Waals surface area contributed by atoms with Gasteiger partial charge in [0.2, 0.25) is 5.95 Å². The second-order valence-electron chi connectivity index (χ2n) is 3.46. The minimum absolute atomic E-state index is 0. The molecule has 6 heteroatoms. The van der Waals surface area contributed by atoms with Gasteiger partial charge in [-0.05, 0) is 13.0 Å². The average molecular weight is 233 g/mol. The topological polar surface area (TPSA) is 41.1 Å². The van der Waals surface area contributed by atoms with Gasteiger partial charge in [-0.25, -0.2) is 14.4 Å². The van der Waals surface area contributed by atoms with E-state index in [0.29, 0.717) is 12.0 Å². The van der Waals surface area contributed by atoms with Gasteiger partial charge < -0.3 is 10.2 Å². The van der Waals surface area contributed by atoms with E-state index in [2.05, 4.69) is 15.3 Å². The molecule has 0 saturated carbocycles. The largest absolute Gasteiger partial charge is 0.340 e. The van der Waals surface area contributed by atoms with Crippen LogP contribution in [-0.4, -0.2) is 36.1 Å². The zero-order chi connectivity index (χ0) is 9.97. The van der Waals surface area contributed by atoms with Gasteiger partial charge in [-0.2, -0.15) is 0 Å². The zero-order valence-corrected chi connectivity index (χ0v) is 9.30. The van der Waals surface area contributed by atoms with E-state index in [9.17, 15) is 4.39 Å². The Hall–Kier alpha value is -0.940. The van der Waals surface area contributed by atoms with Crippen molar-refractivity contribution in [1.29, 1.82) is 0 Å². The number of likely N-dealkylation sites (N-methyl/N-ethyl adjacent to an activating group) is 1. The number of aromatic nitrogens is 2. The van der Waals surface area contributed by atoms with Crippen molar-refractivity contribution < 1.29 is 4.39 Å². The predicted molar refractivity (Wildman–Crippen MR) is 58.9 cm³/mol. The summed E-state index contributed by atoms with van der Waals surface area (Å²) in [7, 11) is 1.94. The number of nitrogens with zero attached hydrogens (tertiary/aromatic N) is 3. The maximum atomic E-state index is 12.6. The molecule has 0 aromatic carbocycles. The first-order valence-electron chi connectivity index (χ1n) is 4.68. The molecule has 0 aliphatic carbocycles. The third-order valence-electron chi connectivity index (χ3n) is 2.50. The van der Waals surface area contributed by atoms with Gasteiger partial charge in [-0.1, -0.05) is 0 Å². The summed E-state index contributed by atoms with van der Waals surface area (Å²) < 4.78 is 12.6. The molecule has 15 heavy (non-hydrogen) atoms. The molecule has 1 fully saturated rings. The van der Waals surface area contributed by atoms with Crippen molar-refractivity contribution in [3.8, 4) is 0 Å². The zero-order valence-electron chi connectivity index (χ0n) is 8.48. The number of hydrogen-bond acceptors (Lipinski definition) is 4. The van der Waals surface area contributed by atoms with Gasteiger partial charge in [0.05, 0.1) is 12.4 Å². The molecule has 1 aromatic heterocycles. The third kappa shape index (κ3) is 2.76. The van der Waals surface area contributed by atoms with Crippen LogP contribution < -0.4 is 10.2 Å². The van der Waals surface area contributed by atoms with Crippen LogP contribution in [0.1, 0.15) is 6.42 Å². The standard InChI is InChI=1S/C9H13FN4.ClH/c1-14(8-2-3-11-6-8)9-12-4-7(10)5-13-9;/h4-5,8,11H,2-3,6H2,1H3;1H. The van der Waals surface area contributed by atoms with Gasteiger partial charge in [0, 0.05) is 19.6 Å². The van der Waals surface area contributed by atoms with E-state index in [-0.39, 0.29) is 12.4 Å². The molecule has 2 heterocycles. The second-order valence-corrected chi connectivity index (χ2v) is 3.46. The molecule has 1 aliphatic heterocycles. The lowest BCUT2D eigenvalue weighted by Crippen LogP contribution is -2.34. The molecule has 0 spiro atoms. The van der Waals surface area contributed by atoms with Crippen LogP contribution >= 0.6 is 12.4 Å². The quantitative estimate of drug-likeness (QED) is 0.821. The Morgan fingerprint density at radius 3 is 2.67 bits per heavy atom. The van der Waals surface area contributed by atoms with E-state index in [1.807, 2.05) is 11.9 Å². The fourth-order valence-electron chi connectivity index (χ4n) is 1.62. The van der Waals surface area contributed by atoms with Crippen LogP contribution in [0.25, 0.3) is 0 Å². The molecule has 1 N–H and O–H groups in total. The van der Waals surface area contributed by atoms with Gasteiger partial charge in [0.25, 0.3) is 0 Å². The van der Waals surface area contributed by atoms with E-state index in [1.165, 1.54) is 12.4 Å². The first kappa shape index (κ1) is 12.1. The third-order valence-corrected chi connectivity index (χ3v) is 2.50. The highest BCUT2D eigenvalue weighted by molar-refractivity contribution is 5.85. The summed E-state index contributed by atoms with van der Waals surface area (Å²) in [5, 5.41) is 3.26. The van der Waals surface area contributed by atoms with E-state index < -0.39 is 5.82 Å². The Bertz CT molecular complexity index is 299. The number of hydrogen-bond donors (Lipinski definition) is 1. The van der Waals surface area contributed by atoms with Crippen LogP contribution in [0.3, 0.4) is 0 Å². The highest BCUT2D eigenvalue weighted by Crippen LogP contribution is 2.12. The monoisotopic (exact) mass is 232 g/mol. The minimum atomic E-state index is -0.397. The van der Waals surface area contributed by atoms with Gasteiger partial charge >= 0.3 is 0 Å². The summed E-state index contributed by atoms with van der Waals surface area (Å²) in [6.07, 6.45) is 3.47. The van der Waals surface area contributed by atoms with Crippen LogP contribution in [0.15, 0.2) is 12.4 Å². The normalized spacial score (nSPS) is 19.7. The van der Waals surface area contributed by atoms with Crippen LogP contribution in [0, 0.1) is 5.82 Å². The van der Waals surface area contributed by atoms with Crippen molar-refractivity contribution in [2.75, 3.05) is 25.0 Å². The number of nitrogens with one attached hydrogen (secondary N) is 1. The SMILES string of the molecule is CN(c1ncc(F)cn1)C1CCNC1.Cl. The molecule has 1 unspecified atom stereocenters. The Morgan fingerprint density at radius 2 is 2.13 bits per heavy atom. The van der Waals surface area contributed by atoms with Crippen molar-refractivity contribution in [2.45, 2.75) is 12.5 Å². The average Bonchev–Trinajstić information content (AvgIpc) is 2.71. The van der Waals surface area contributed by atoms with Gasteiger partial charge in [0.15, 0.2) is 5.82 Å². The molecule has 1 atom stereocenters. The van der Waals surface area contributed by atoms with Gasteiger partial charge in [0.1, 0.15) is 0 Å². The molecular formula is C9H14ClFN4. The molecule has 1 aliphatic rings. The highest BCUT2D eigenvalue weighted by Gasteiger charge is 2.20. The summed E-state index contributed by atoms with van der Waals surface area (Å²) in [6, 6.07) is 0.417. The highest BCUT2D eigenvalue weighted by atomic mass is 35.5. The Balaban J connectivity index is 0.00000112. The molecule has 4 nitrogen and oxygen atoms in total. The minimum Gasteiger partial charge on any atom is -0.340 e. The molecule has 84 valence electrons. The maximum Gasteiger partial charge on any atom is 0.225 e. The van der Waals surface area contributed by atoms with Crippen molar-refractivity contribution in [2.24, 2.45) is 0 Å². The van der Waals surface area contributed by atoms with Crippen LogP contribution in [0.2, 0.25) is 0 Å². The van der Waals surface area contributed by atoms with E-state index in [4.69, 9.17) is 0 Å². The van der Waals surface area contributed by atoms with E-state index in [1.54, 1.807) is 0 Å². The molecular weight excluding hydrogens is 219 g/mol. The molecule has 2 rings (SSSR count). The number of halogens is 2. The molecule has 1 saturated heterocycles. The Labute approximate surface area is 94.3 Å². The Kier molecular flexibility index (Phi) is 4.23. The summed E-state index contributed by atoms with van der Waals surface area (Å²) >= 11 is 0. The predicted octanol–water partition coefficient (Wildman–Crippen LogP) is 0.836. The summed E-state index contributed by atoms with van der Waals surface area (Å²) in [4.78, 5) is 9.86. The molecule has 0 bridgehead atoms. The fourth-order valence-corrected chi connectivity index (χ4v) is 1.62. The molecule has 0 radical (unpaired) electrons. The van der Waals surface area contributed by atoms with Gasteiger partial charge in [-0.3, -0.25) is 0 Å². The smallest absolute Gasteiger partial charge is 0.225 e. The Morgan fingerprint density at radius 1 is 1.47 bits per heavy atom. The number of rotatable bonds is 2. The van der Waals surface area contributed by atoms with Crippen LogP contribution in [-0.2, 0) is 0 Å². The first-order valence-corrected chi connectivity index (χ1v) is 4.68. The van der Waals surface area contributed by atoms with Crippen molar-refractivity contribution >= 4 is 18.4 Å². The van der Waals surface area contributed by atoms with Crippen molar-refractivity contribution in [3.05, 3.63) is 18.2 Å². The maximum absolute atomic E-state index is 12.6. The van der Waals surface area contributed by atoms with Gasteiger partial charge in [-0.15, -0.1) is 12.4 Å². The molecule has 1 aromatic rings. The van der Waals surface area contributed by atoms with Crippen LogP contribution in [0.4, 0.5) is 10.3 Å². The van der Waals surface area contributed by atoms with E-state index in [0.717, 1.165) is 19.5 Å². The number of anilines is 1. The lowest BCUT2D eigenvalue weighted by Gasteiger charge is -2.23. The van der Waals surface area contributed by atoms with Crippen LogP contribution in [0.5, 0.6) is 0 Å². The summed E-state index contributed by atoms with van der Waals surface area (Å²) in [5.74, 6) is 0.187. The van der Waals surface area contributed by atoms with E-state index >= 15 is 0 Å². The van der Waals surface area contributed by atoms with Crippen molar-refractivity contribution in [1.82, 2.24) is 15.3 Å². The summed E-state index contributed by atoms with van der Waals surface area (Å²) in [5.41, 5.74) is 0. The van der Waals surface area contributed by atoms with Crippen molar-refractivity contribution in [3.63, 3.8) is 0 Å². The summed E-state index contributed by atoms with van der Waals surface area (Å²) in [6.45, 7) is 1.97. The second kappa shape index (κ2) is 5.23. The lowest BCUT2D eigenvalue weighted by molar-refractivity contribution is 0.606. The lowest BCUT2D eigenvalue weighted by atomic mass is 10.2. The molecule has 0 amide bonds. The fraction of sp³-hybridized carbons (Fsp3) is 0.556.